The predicted octanol–water partition coefficient (Wildman–Crippen LogP) is 5.36. The van der Waals surface area contributed by atoms with Crippen molar-refractivity contribution in [3.63, 3.8) is 0 Å². The number of nitrogens with one attached hydrogen (secondary N) is 1. The average Bonchev–Trinajstić information content (AvgIpc) is 3.41. The van der Waals surface area contributed by atoms with Crippen molar-refractivity contribution in [2.24, 2.45) is 0 Å². The lowest BCUT2D eigenvalue weighted by atomic mass is 10.1. The molecule has 1 aliphatic rings. The monoisotopic (exact) mass is 439 g/mol. The zero-order valence-corrected chi connectivity index (χ0v) is 18.5. The quantitative estimate of drug-likeness (QED) is 0.425. The van der Waals surface area contributed by atoms with E-state index in [9.17, 15) is 9.59 Å². The number of benzene rings is 3. The van der Waals surface area contributed by atoms with Crippen molar-refractivity contribution in [1.29, 1.82) is 0 Å². The summed E-state index contributed by atoms with van der Waals surface area (Å²) in [7, 11) is 3.95. The summed E-state index contributed by atoms with van der Waals surface area (Å²) < 4.78 is 0. The van der Waals surface area contributed by atoms with Crippen molar-refractivity contribution < 1.29 is 9.59 Å². The van der Waals surface area contributed by atoms with Crippen LogP contribution < -0.4 is 15.1 Å². The van der Waals surface area contributed by atoms with Gasteiger partial charge in [-0.05, 0) is 47.2 Å². The maximum Gasteiger partial charge on any atom is 0.282 e. The number of hydrogen-bond acceptors (Lipinski definition) is 5. The molecule has 6 heteroatoms. The second-order valence-corrected chi connectivity index (χ2v) is 8.69. The summed E-state index contributed by atoms with van der Waals surface area (Å²) in [5.41, 5.74) is 3.08. The Balaban J connectivity index is 1.60. The van der Waals surface area contributed by atoms with Gasteiger partial charge in [-0.1, -0.05) is 42.5 Å². The van der Waals surface area contributed by atoms with Crippen LogP contribution in [-0.2, 0) is 9.59 Å². The number of carbonyl (C=O) groups excluding carboxylic acids is 2. The Labute approximate surface area is 190 Å². The first kappa shape index (κ1) is 20.0. The second kappa shape index (κ2) is 7.98. The summed E-state index contributed by atoms with van der Waals surface area (Å²) in [4.78, 5) is 31.3. The fourth-order valence-electron chi connectivity index (χ4n) is 3.90. The molecule has 1 aromatic heterocycles. The van der Waals surface area contributed by atoms with Crippen molar-refractivity contribution in [2.75, 3.05) is 29.2 Å². The van der Waals surface area contributed by atoms with Gasteiger partial charge in [0.15, 0.2) is 0 Å². The molecule has 1 N–H and O–H groups in total. The SMILES string of the molecule is CN(C)c1ccc(NC2=C(c3cccs3)C(=O)N(c3cccc4ccccc34)C2=O)cc1. The predicted molar refractivity (Wildman–Crippen MR) is 132 cm³/mol. The van der Waals surface area contributed by atoms with Crippen LogP contribution in [0.2, 0.25) is 0 Å². The van der Waals surface area contributed by atoms with Gasteiger partial charge in [-0.25, -0.2) is 4.90 Å². The van der Waals surface area contributed by atoms with E-state index in [1.165, 1.54) is 16.2 Å². The Morgan fingerprint density at radius 2 is 1.56 bits per heavy atom. The normalized spacial score (nSPS) is 13.9. The number of anilines is 3. The van der Waals surface area contributed by atoms with Gasteiger partial charge in [0.2, 0.25) is 0 Å². The number of fused-ring (bicyclic) bond motifs is 1. The lowest BCUT2D eigenvalue weighted by molar-refractivity contribution is -0.120. The van der Waals surface area contributed by atoms with Gasteiger partial charge < -0.3 is 10.2 Å². The number of rotatable bonds is 5. The van der Waals surface area contributed by atoms with Crippen LogP contribution in [0.3, 0.4) is 0 Å². The van der Waals surface area contributed by atoms with E-state index in [2.05, 4.69) is 5.32 Å². The number of imide groups is 1. The highest BCUT2D eigenvalue weighted by atomic mass is 32.1. The Morgan fingerprint density at radius 1 is 0.812 bits per heavy atom. The van der Waals surface area contributed by atoms with Crippen molar-refractivity contribution in [2.45, 2.75) is 0 Å². The van der Waals surface area contributed by atoms with E-state index >= 15 is 0 Å². The molecule has 0 saturated heterocycles. The molecule has 32 heavy (non-hydrogen) atoms. The zero-order valence-electron chi connectivity index (χ0n) is 17.7. The first-order valence-corrected chi connectivity index (χ1v) is 11.1. The Morgan fingerprint density at radius 3 is 2.28 bits per heavy atom. The fraction of sp³-hybridized carbons (Fsp3) is 0.0769. The minimum atomic E-state index is -0.355. The molecular formula is C26H21N3O2S. The topological polar surface area (TPSA) is 52.7 Å². The van der Waals surface area contributed by atoms with Crippen molar-refractivity contribution in [1.82, 2.24) is 0 Å². The maximum atomic E-state index is 13.6. The first-order chi connectivity index (χ1) is 15.5. The lowest BCUT2D eigenvalue weighted by Crippen LogP contribution is -2.32. The van der Waals surface area contributed by atoms with Crippen molar-refractivity contribution in [3.8, 4) is 0 Å². The van der Waals surface area contributed by atoms with Gasteiger partial charge in [0.25, 0.3) is 11.8 Å². The van der Waals surface area contributed by atoms with Crippen LogP contribution in [0, 0.1) is 0 Å². The molecule has 5 nitrogen and oxygen atoms in total. The van der Waals surface area contributed by atoms with E-state index in [0.29, 0.717) is 17.0 Å². The van der Waals surface area contributed by atoms with Crippen LogP contribution >= 0.6 is 11.3 Å². The summed E-state index contributed by atoms with van der Waals surface area (Å²) in [5.74, 6) is -0.673. The molecule has 1 aliphatic heterocycles. The van der Waals surface area contributed by atoms with E-state index in [-0.39, 0.29) is 11.8 Å². The van der Waals surface area contributed by atoms with Crippen LogP contribution in [0.25, 0.3) is 16.3 Å². The standard InChI is InChI=1S/C26H21N3O2S/c1-28(2)19-14-12-18(13-15-19)27-24-23(22-11-6-16-32-22)25(30)29(26(24)31)21-10-5-8-17-7-3-4-9-20(17)21/h3-16,27H,1-2H3. The molecule has 0 saturated carbocycles. The largest absolute Gasteiger partial charge is 0.378 e. The molecule has 2 amide bonds. The third kappa shape index (κ3) is 3.35. The van der Waals surface area contributed by atoms with Gasteiger partial charge in [0.1, 0.15) is 5.70 Å². The summed E-state index contributed by atoms with van der Waals surface area (Å²) >= 11 is 1.44. The van der Waals surface area contributed by atoms with Gasteiger partial charge in [-0.15, -0.1) is 11.3 Å². The average molecular weight is 440 g/mol. The summed E-state index contributed by atoms with van der Waals surface area (Å²) in [6, 6.07) is 24.9. The summed E-state index contributed by atoms with van der Waals surface area (Å²) in [5, 5.41) is 6.97. The number of hydrogen-bond donors (Lipinski definition) is 1. The Kier molecular flexibility index (Phi) is 4.99. The Hall–Kier alpha value is -3.90. The molecule has 4 aromatic rings. The molecule has 3 aromatic carbocycles. The Bertz CT molecular complexity index is 1350. The smallest absolute Gasteiger partial charge is 0.282 e. The van der Waals surface area contributed by atoms with Crippen LogP contribution in [0.4, 0.5) is 17.1 Å². The summed E-state index contributed by atoms with van der Waals surface area (Å²) in [6.07, 6.45) is 0. The highest BCUT2D eigenvalue weighted by Crippen LogP contribution is 2.38. The maximum absolute atomic E-state index is 13.6. The molecule has 0 atom stereocenters. The second-order valence-electron chi connectivity index (χ2n) is 7.74. The lowest BCUT2D eigenvalue weighted by Gasteiger charge is -2.18. The minimum absolute atomic E-state index is 0.294. The molecule has 0 aliphatic carbocycles. The number of amides is 2. The minimum Gasteiger partial charge on any atom is -0.378 e. The van der Waals surface area contributed by atoms with Crippen LogP contribution in [0.5, 0.6) is 0 Å². The zero-order chi connectivity index (χ0) is 22.2. The molecule has 0 spiro atoms. The summed E-state index contributed by atoms with van der Waals surface area (Å²) in [6.45, 7) is 0. The van der Waals surface area contributed by atoms with Crippen LogP contribution in [-0.4, -0.2) is 25.9 Å². The molecule has 5 rings (SSSR count). The number of nitrogens with zero attached hydrogens (tertiary/aromatic N) is 2. The molecule has 0 radical (unpaired) electrons. The fourth-order valence-corrected chi connectivity index (χ4v) is 4.67. The number of carbonyl (C=O) groups is 2. The molecule has 2 heterocycles. The molecule has 0 fully saturated rings. The highest BCUT2D eigenvalue weighted by molar-refractivity contribution is 7.11. The third-order valence-corrected chi connectivity index (χ3v) is 6.40. The van der Waals surface area contributed by atoms with Gasteiger partial charge in [-0.3, -0.25) is 9.59 Å². The van der Waals surface area contributed by atoms with Crippen molar-refractivity contribution in [3.05, 3.63) is 94.8 Å². The van der Waals surface area contributed by atoms with E-state index in [1.807, 2.05) is 103 Å². The highest BCUT2D eigenvalue weighted by Gasteiger charge is 2.41. The number of thiophene rings is 1. The third-order valence-electron chi connectivity index (χ3n) is 5.51. The molecule has 158 valence electrons. The van der Waals surface area contributed by atoms with E-state index in [4.69, 9.17) is 0 Å². The van der Waals surface area contributed by atoms with Gasteiger partial charge in [0, 0.05) is 35.7 Å². The van der Waals surface area contributed by atoms with Gasteiger partial charge in [-0.2, -0.15) is 0 Å². The van der Waals surface area contributed by atoms with E-state index in [1.54, 1.807) is 0 Å². The first-order valence-electron chi connectivity index (χ1n) is 10.2. The molecule has 0 unspecified atom stereocenters. The van der Waals surface area contributed by atoms with Crippen LogP contribution in [0.15, 0.2) is 89.9 Å². The molecular weight excluding hydrogens is 418 g/mol. The van der Waals surface area contributed by atoms with E-state index < -0.39 is 0 Å². The van der Waals surface area contributed by atoms with Crippen molar-refractivity contribution >= 4 is 56.6 Å². The van der Waals surface area contributed by atoms with E-state index in [0.717, 1.165) is 27.0 Å². The van der Waals surface area contributed by atoms with Gasteiger partial charge >= 0.3 is 0 Å². The molecule has 0 bridgehead atoms. The van der Waals surface area contributed by atoms with Gasteiger partial charge in [0.05, 0.1) is 11.3 Å². The van der Waals surface area contributed by atoms with Crippen LogP contribution in [0.1, 0.15) is 4.88 Å².